The van der Waals surface area contributed by atoms with Crippen LogP contribution in [-0.4, -0.2) is 49.9 Å². The highest BCUT2D eigenvalue weighted by Crippen LogP contribution is 2.31. The number of imide groups is 1. The summed E-state index contributed by atoms with van der Waals surface area (Å²) in [7, 11) is 0. The van der Waals surface area contributed by atoms with Crippen molar-refractivity contribution in [2.75, 3.05) is 0 Å². The number of rotatable bonds is 3. The van der Waals surface area contributed by atoms with Gasteiger partial charge < -0.3 is 9.47 Å². The van der Waals surface area contributed by atoms with Gasteiger partial charge in [-0.25, -0.2) is 19.2 Å². The lowest BCUT2D eigenvalue weighted by Gasteiger charge is -2.35. The molecule has 8 heteroatoms. The van der Waals surface area contributed by atoms with Crippen LogP contribution >= 0.6 is 0 Å². The number of carbonyl (C=O) groups is 3. The number of esters is 1. The molecule has 1 aromatic heterocycles. The van der Waals surface area contributed by atoms with Gasteiger partial charge in [-0.3, -0.25) is 4.79 Å². The third-order valence-corrected chi connectivity index (χ3v) is 4.52. The summed E-state index contributed by atoms with van der Waals surface area (Å²) in [6, 6.07) is 8.14. The number of hydrogen-bond donors (Lipinski definition) is 0. The van der Waals surface area contributed by atoms with Crippen molar-refractivity contribution in [3.63, 3.8) is 0 Å². The zero-order valence-electron chi connectivity index (χ0n) is 19.3. The average Bonchev–Trinajstić information content (AvgIpc) is 3.19. The first-order chi connectivity index (χ1) is 14.8. The number of nitrogens with zero attached hydrogens (tertiary/aromatic N) is 3. The minimum Gasteiger partial charge on any atom is -0.458 e. The minimum atomic E-state index is -1.13. The summed E-state index contributed by atoms with van der Waals surface area (Å²) < 4.78 is 12.6. The lowest BCUT2D eigenvalue weighted by Crippen LogP contribution is -2.53. The van der Waals surface area contributed by atoms with Crippen LogP contribution in [0.4, 0.5) is 4.79 Å². The normalized spacial score (nSPS) is 17.1. The molecule has 0 fully saturated rings. The van der Waals surface area contributed by atoms with E-state index in [1.807, 2.05) is 36.5 Å². The fourth-order valence-electron chi connectivity index (χ4n) is 3.29. The summed E-state index contributed by atoms with van der Waals surface area (Å²) in [5.74, 6) is -1.29. The van der Waals surface area contributed by atoms with Crippen LogP contribution in [0.15, 0.2) is 48.8 Å². The zero-order chi connectivity index (χ0) is 23.7. The van der Waals surface area contributed by atoms with E-state index in [-0.39, 0.29) is 6.42 Å². The first kappa shape index (κ1) is 23.2. The standard InChI is InChI=1S/C24H29N3O5/c1-23(2,3)31-21(29)19-14-17(15-20(28)27(19)22(30)32-24(4,5)6)16-9-7-10-18(13-16)26-12-8-11-25-26/h7-13,15,19H,14H2,1-6H3/t19-/m1/s1. The van der Waals surface area contributed by atoms with Crippen LogP contribution in [0.25, 0.3) is 11.3 Å². The van der Waals surface area contributed by atoms with Gasteiger partial charge in [0.15, 0.2) is 0 Å². The van der Waals surface area contributed by atoms with Gasteiger partial charge in [0, 0.05) is 24.9 Å². The monoisotopic (exact) mass is 439 g/mol. The Morgan fingerprint density at radius 3 is 2.31 bits per heavy atom. The summed E-state index contributed by atoms with van der Waals surface area (Å²) in [5.41, 5.74) is 0.589. The molecule has 32 heavy (non-hydrogen) atoms. The molecule has 0 saturated heterocycles. The highest BCUT2D eigenvalue weighted by molar-refractivity contribution is 6.08. The molecule has 3 rings (SSSR count). The van der Waals surface area contributed by atoms with E-state index < -0.39 is 35.2 Å². The van der Waals surface area contributed by atoms with Gasteiger partial charge >= 0.3 is 12.1 Å². The van der Waals surface area contributed by atoms with Crippen molar-refractivity contribution in [2.45, 2.75) is 65.2 Å². The van der Waals surface area contributed by atoms with Crippen LogP contribution < -0.4 is 0 Å². The van der Waals surface area contributed by atoms with E-state index in [1.54, 1.807) is 52.4 Å². The van der Waals surface area contributed by atoms with Crippen LogP contribution in [0.5, 0.6) is 0 Å². The van der Waals surface area contributed by atoms with Gasteiger partial charge in [0.2, 0.25) is 0 Å². The van der Waals surface area contributed by atoms with E-state index in [0.29, 0.717) is 5.57 Å². The highest BCUT2D eigenvalue weighted by Gasteiger charge is 2.42. The highest BCUT2D eigenvalue weighted by atomic mass is 16.6. The van der Waals surface area contributed by atoms with Crippen LogP contribution in [0.2, 0.25) is 0 Å². The van der Waals surface area contributed by atoms with Crippen molar-refractivity contribution in [2.24, 2.45) is 0 Å². The fraction of sp³-hybridized carbons (Fsp3) is 0.417. The second-order valence-corrected chi connectivity index (χ2v) is 9.61. The van der Waals surface area contributed by atoms with Crippen LogP contribution in [-0.2, 0) is 19.1 Å². The lowest BCUT2D eigenvalue weighted by atomic mass is 9.93. The summed E-state index contributed by atoms with van der Waals surface area (Å²) in [6.45, 7) is 10.3. The van der Waals surface area contributed by atoms with Gasteiger partial charge in [-0.05, 0) is 70.9 Å². The third-order valence-electron chi connectivity index (χ3n) is 4.52. The molecular formula is C24H29N3O5. The van der Waals surface area contributed by atoms with E-state index in [0.717, 1.165) is 16.2 Å². The average molecular weight is 440 g/mol. The molecule has 1 aromatic carbocycles. The molecule has 1 atom stereocenters. The van der Waals surface area contributed by atoms with Gasteiger partial charge in [-0.15, -0.1) is 0 Å². The molecular weight excluding hydrogens is 410 g/mol. The molecule has 2 heterocycles. The van der Waals surface area contributed by atoms with Gasteiger partial charge in [-0.2, -0.15) is 5.10 Å². The van der Waals surface area contributed by atoms with Crippen molar-refractivity contribution in [1.29, 1.82) is 0 Å². The molecule has 8 nitrogen and oxygen atoms in total. The van der Waals surface area contributed by atoms with Crippen molar-refractivity contribution in [3.05, 3.63) is 54.4 Å². The predicted octanol–water partition coefficient (Wildman–Crippen LogP) is 4.13. The van der Waals surface area contributed by atoms with Crippen LogP contribution in [0.3, 0.4) is 0 Å². The molecule has 2 aromatic rings. The Hall–Kier alpha value is -3.42. The molecule has 0 bridgehead atoms. The lowest BCUT2D eigenvalue weighted by molar-refractivity contribution is -0.163. The summed E-state index contributed by atoms with van der Waals surface area (Å²) in [6.07, 6.45) is 4.09. The fourth-order valence-corrected chi connectivity index (χ4v) is 3.29. The zero-order valence-corrected chi connectivity index (χ0v) is 19.3. The molecule has 0 saturated carbocycles. The summed E-state index contributed by atoms with van der Waals surface area (Å²) in [4.78, 5) is 39.7. The van der Waals surface area contributed by atoms with E-state index in [2.05, 4.69) is 5.10 Å². The Morgan fingerprint density at radius 2 is 1.72 bits per heavy atom. The van der Waals surface area contributed by atoms with Crippen molar-refractivity contribution in [3.8, 4) is 5.69 Å². The minimum absolute atomic E-state index is 0.114. The SMILES string of the molecule is CC(C)(C)OC(=O)[C@H]1CC(c2cccc(-n3cccn3)c2)=CC(=O)N1C(=O)OC(C)(C)C. The molecule has 0 radical (unpaired) electrons. The van der Waals surface area contributed by atoms with Gasteiger partial charge in [0.25, 0.3) is 5.91 Å². The topological polar surface area (TPSA) is 90.7 Å². The molecule has 0 N–H and O–H groups in total. The first-order valence-corrected chi connectivity index (χ1v) is 10.4. The first-order valence-electron chi connectivity index (χ1n) is 10.4. The molecule has 1 aliphatic rings. The van der Waals surface area contributed by atoms with Crippen LogP contribution in [0, 0.1) is 0 Å². The largest absolute Gasteiger partial charge is 0.458 e. The maximum Gasteiger partial charge on any atom is 0.418 e. The molecule has 0 aliphatic carbocycles. The van der Waals surface area contributed by atoms with Gasteiger partial charge in [-0.1, -0.05) is 12.1 Å². The number of hydrogen-bond acceptors (Lipinski definition) is 6. The number of amides is 2. The molecule has 170 valence electrons. The summed E-state index contributed by atoms with van der Waals surface area (Å²) in [5, 5.41) is 4.23. The van der Waals surface area contributed by atoms with E-state index in [4.69, 9.17) is 9.47 Å². The molecule has 0 unspecified atom stereocenters. The smallest absolute Gasteiger partial charge is 0.418 e. The second-order valence-electron chi connectivity index (χ2n) is 9.61. The van der Waals surface area contributed by atoms with E-state index in [9.17, 15) is 14.4 Å². The van der Waals surface area contributed by atoms with Gasteiger partial charge in [0.1, 0.15) is 17.2 Å². The van der Waals surface area contributed by atoms with E-state index in [1.165, 1.54) is 6.08 Å². The van der Waals surface area contributed by atoms with Crippen molar-refractivity contribution >= 4 is 23.5 Å². The number of aromatic nitrogens is 2. The molecule has 1 aliphatic heterocycles. The Balaban J connectivity index is 1.98. The third kappa shape index (κ3) is 5.63. The maximum absolute atomic E-state index is 13.0. The predicted molar refractivity (Wildman–Crippen MR) is 119 cm³/mol. The number of benzene rings is 1. The molecule has 2 amide bonds. The second kappa shape index (κ2) is 8.61. The Morgan fingerprint density at radius 1 is 1.03 bits per heavy atom. The summed E-state index contributed by atoms with van der Waals surface area (Å²) >= 11 is 0. The van der Waals surface area contributed by atoms with Crippen molar-refractivity contribution in [1.82, 2.24) is 14.7 Å². The maximum atomic E-state index is 13.0. The Kier molecular flexibility index (Phi) is 6.25. The Bertz CT molecular complexity index is 1040. The molecule has 0 spiro atoms. The van der Waals surface area contributed by atoms with Gasteiger partial charge in [0.05, 0.1) is 5.69 Å². The quantitative estimate of drug-likeness (QED) is 0.668. The van der Waals surface area contributed by atoms with E-state index >= 15 is 0 Å². The van der Waals surface area contributed by atoms with Crippen LogP contribution in [0.1, 0.15) is 53.5 Å². The Labute approximate surface area is 187 Å². The van der Waals surface area contributed by atoms with Crippen molar-refractivity contribution < 1.29 is 23.9 Å². The number of ether oxygens (including phenoxy) is 2. The number of carbonyl (C=O) groups excluding carboxylic acids is 3.